The van der Waals surface area contributed by atoms with Crippen molar-refractivity contribution in [1.82, 2.24) is 35.4 Å². The number of rotatable bonds is 22. The molecule has 0 spiro atoms. The number of ether oxygens (including phenoxy) is 3. The van der Waals surface area contributed by atoms with E-state index >= 15 is 0 Å². The summed E-state index contributed by atoms with van der Waals surface area (Å²) in [5.41, 5.74) is 1.20. The number of phenols is 2. The van der Waals surface area contributed by atoms with Crippen LogP contribution in [0, 0.1) is 0 Å². The lowest BCUT2D eigenvalue weighted by Gasteiger charge is -2.13. The molecule has 3 heterocycles. The van der Waals surface area contributed by atoms with Gasteiger partial charge >= 0.3 is 0 Å². The maximum Gasteiger partial charge on any atom is 0.253 e. The summed E-state index contributed by atoms with van der Waals surface area (Å²) in [4.78, 5) is 86.8. The molecule has 0 fully saturated rings. The first kappa shape index (κ1) is 43.9. The summed E-state index contributed by atoms with van der Waals surface area (Å²) < 4.78 is 17.0. The van der Waals surface area contributed by atoms with Gasteiger partial charge < -0.3 is 35.1 Å². The van der Waals surface area contributed by atoms with Crippen molar-refractivity contribution >= 4 is 35.4 Å². The monoisotopic (exact) mass is 847 g/mol. The molecular formula is C44H45N7O11. The van der Waals surface area contributed by atoms with Gasteiger partial charge in [-0.15, -0.1) is 0 Å². The third-order valence-corrected chi connectivity index (χ3v) is 9.65. The van der Waals surface area contributed by atoms with Crippen molar-refractivity contribution in [3.8, 4) is 62.9 Å². The molecule has 1 aromatic heterocycles. The highest BCUT2D eigenvalue weighted by molar-refractivity contribution is 6.13. The Labute approximate surface area is 356 Å². The predicted octanol–water partition coefficient (Wildman–Crippen LogP) is 3.47. The van der Waals surface area contributed by atoms with Crippen molar-refractivity contribution in [3.63, 3.8) is 0 Å². The number of benzene rings is 3. The van der Waals surface area contributed by atoms with Gasteiger partial charge in [0.2, 0.25) is 11.8 Å². The van der Waals surface area contributed by atoms with Gasteiger partial charge in [-0.25, -0.2) is 15.0 Å². The molecule has 6 rings (SSSR count). The minimum absolute atomic E-state index is 0.00220. The minimum atomic E-state index is -0.440. The SMILES string of the molecule is COc1ccc(-c2nc(-c3ccc(OCCCCCNC(=O)CCN4C(=O)C=CC4=O)cc3O)nc(-c3ccc(OCCCNC(=O)CCN4C(=O)C=CC4=O)cc3O)n2)cc1. The molecule has 0 bridgehead atoms. The summed E-state index contributed by atoms with van der Waals surface area (Å²) in [7, 11) is 1.56. The Balaban J connectivity index is 1.02. The molecule has 0 unspecified atom stereocenters. The van der Waals surface area contributed by atoms with Gasteiger partial charge in [-0.2, -0.15) is 0 Å². The normalized spacial score (nSPS) is 13.2. The zero-order valence-electron chi connectivity index (χ0n) is 33.9. The summed E-state index contributed by atoms with van der Waals surface area (Å²) in [6, 6.07) is 16.5. The van der Waals surface area contributed by atoms with Crippen LogP contribution in [0.15, 0.2) is 85.0 Å². The fourth-order valence-electron chi connectivity index (χ4n) is 6.28. The summed E-state index contributed by atoms with van der Waals surface area (Å²) in [5.74, 6) is -0.629. The Hall–Kier alpha value is -7.63. The standard InChI is InChI=1S/C44H45N7O11/c1-60-29-8-6-28(7-9-29)42-47-43(32-12-10-30(26-34(32)52)61-24-4-2-3-20-45-36(54)18-22-50-38(56)14-15-39(50)57)49-44(48-42)33-13-11-31(27-35(33)53)62-25-5-21-46-37(55)19-23-51-40(58)16-17-41(51)59/h6-17,26-27,52-53H,2-5,18-25H2,1H3,(H,45,54)(H,46,55). The number of amides is 6. The summed E-state index contributed by atoms with van der Waals surface area (Å²) in [6.45, 7) is 1.35. The van der Waals surface area contributed by atoms with Gasteiger partial charge in [0.05, 0.1) is 31.5 Å². The second-order valence-corrected chi connectivity index (χ2v) is 14.0. The van der Waals surface area contributed by atoms with E-state index in [1.54, 1.807) is 55.6 Å². The molecule has 0 radical (unpaired) electrons. The number of phenolic OH excluding ortho intramolecular Hbond substituents is 2. The van der Waals surface area contributed by atoms with Gasteiger partial charge in [0.1, 0.15) is 28.7 Å². The molecule has 18 heteroatoms. The van der Waals surface area contributed by atoms with E-state index in [9.17, 15) is 39.0 Å². The van der Waals surface area contributed by atoms with Crippen molar-refractivity contribution in [1.29, 1.82) is 0 Å². The molecule has 2 aliphatic heterocycles. The van der Waals surface area contributed by atoms with Crippen LogP contribution in [-0.4, -0.2) is 117 Å². The molecule has 4 N–H and O–H groups in total. The van der Waals surface area contributed by atoms with Crippen molar-refractivity contribution in [3.05, 3.63) is 85.0 Å². The Morgan fingerprint density at radius 1 is 0.565 bits per heavy atom. The smallest absolute Gasteiger partial charge is 0.253 e. The molecule has 62 heavy (non-hydrogen) atoms. The quantitative estimate of drug-likeness (QED) is 0.0655. The first-order valence-electron chi connectivity index (χ1n) is 19.9. The van der Waals surface area contributed by atoms with Crippen LogP contribution in [0.25, 0.3) is 34.2 Å². The fourth-order valence-corrected chi connectivity index (χ4v) is 6.28. The largest absolute Gasteiger partial charge is 0.507 e. The summed E-state index contributed by atoms with van der Waals surface area (Å²) in [6.07, 6.45) is 7.31. The molecular weight excluding hydrogens is 803 g/mol. The molecule has 18 nitrogen and oxygen atoms in total. The average Bonchev–Trinajstić information content (AvgIpc) is 3.77. The summed E-state index contributed by atoms with van der Waals surface area (Å²) in [5, 5.41) is 27.8. The van der Waals surface area contributed by atoms with E-state index in [1.807, 2.05) is 0 Å². The molecule has 0 atom stereocenters. The van der Waals surface area contributed by atoms with Gasteiger partial charge in [-0.1, -0.05) is 0 Å². The van der Waals surface area contributed by atoms with E-state index in [4.69, 9.17) is 14.2 Å². The minimum Gasteiger partial charge on any atom is -0.507 e. The highest BCUT2D eigenvalue weighted by Crippen LogP contribution is 2.36. The van der Waals surface area contributed by atoms with Crippen LogP contribution in [0.2, 0.25) is 0 Å². The highest BCUT2D eigenvalue weighted by Gasteiger charge is 2.25. The maximum absolute atomic E-state index is 12.2. The molecule has 4 aromatic rings. The van der Waals surface area contributed by atoms with Gasteiger partial charge in [0.25, 0.3) is 23.6 Å². The van der Waals surface area contributed by atoms with Crippen molar-refractivity contribution in [2.45, 2.75) is 38.5 Å². The predicted molar refractivity (Wildman–Crippen MR) is 222 cm³/mol. The van der Waals surface area contributed by atoms with Crippen LogP contribution in [0.1, 0.15) is 38.5 Å². The van der Waals surface area contributed by atoms with E-state index in [0.717, 1.165) is 16.2 Å². The van der Waals surface area contributed by atoms with Gasteiger partial charge in [0.15, 0.2) is 17.5 Å². The third kappa shape index (κ3) is 11.8. The number of imide groups is 2. The Morgan fingerprint density at radius 2 is 1.00 bits per heavy atom. The first-order chi connectivity index (χ1) is 30.0. The van der Waals surface area contributed by atoms with E-state index in [0.29, 0.717) is 67.3 Å². The number of hydrogen-bond donors (Lipinski definition) is 4. The number of hydrogen-bond acceptors (Lipinski definition) is 14. The van der Waals surface area contributed by atoms with E-state index in [2.05, 4.69) is 25.6 Å². The third-order valence-electron chi connectivity index (χ3n) is 9.65. The lowest BCUT2D eigenvalue weighted by atomic mass is 10.1. The Bertz CT molecular complexity index is 2350. The van der Waals surface area contributed by atoms with Crippen LogP contribution in [0.3, 0.4) is 0 Å². The molecule has 0 aliphatic carbocycles. The number of carbonyl (C=O) groups excluding carboxylic acids is 6. The van der Waals surface area contributed by atoms with Crippen molar-refractivity contribution in [2.24, 2.45) is 0 Å². The highest BCUT2D eigenvalue weighted by atomic mass is 16.5. The lowest BCUT2D eigenvalue weighted by molar-refractivity contribution is -0.139. The van der Waals surface area contributed by atoms with Crippen LogP contribution in [-0.2, 0) is 28.8 Å². The van der Waals surface area contributed by atoms with E-state index in [-0.39, 0.29) is 78.9 Å². The molecule has 322 valence electrons. The zero-order chi connectivity index (χ0) is 44.0. The number of nitrogens with one attached hydrogen (secondary N) is 2. The average molecular weight is 848 g/mol. The number of methoxy groups -OCH3 is 1. The number of aromatic hydroxyl groups is 2. The molecule has 0 saturated heterocycles. The van der Waals surface area contributed by atoms with Gasteiger partial charge in [0, 0.05) is 81.0 Å². The second-order valence-electron chi connectivity index (χ2n) is 14.0. The molecule has 3 aromatic carbocycles. The number of nitrogens with zero attached hydrogens (tertiary/aromatic N) is 5. The van der Waals surface area contributed by atoms with Crippen LogP contribution in [0.4, 0.5) is 0 Å². The molecule has 6 amide bonds. The number of carbonyl (C=O) groups is 6. The topological polar surface area (TPSA) is 240 Å². The maximum atomic E-state index is 12.2. The number of aromatic nitrogens is 3. The number of unbranched alkanes of at least 4 members (excludes halogenated alkanes) is 2. The van der Waals surface area contributed by atoms with Crippen molar-refractivity contribution in [2.75, 3.05) is 46.5 Å². The fraction of sp³-hybridized carbons (Fsp3) is 0.295. The van der Waals surface area contributed by atoms with Crippen molar-refractivity contribution < 1.29 is 53.2 Å². The summed E-state index contributed by atoms with van der Waals surface area (Å²) >= 11 is 0. The van der Waals surface area contributed by atoms with Gasteiger partial charge in [-0.3, -0.25) is 38.6 Å². The van der Waals surface area contributed by atoms with Crippen LogP contribution < -0.4 is 24.8 Å². The van der Waals surface area contributed by atoms with Crippen LogP contribution in [0.5, 0.6) is 28.7 Å². The first-order valence-corrected chi connectivity index (χ1v) is 19.9. The van der Waals surface area contributed by atoms with E-state index < -0.39 is 23.6 Å². The van der Waals surface area contributed by atoms with Crippen LogP contribution >= 0.6 is 0 Å². The Morgan fingerprint density at radius 3 is 1.47 bits per heavy atom. The molecule has 2 aliphatic rings. The Kier molecular flexibility index (Phi) is 14.9. The van der Waals surface area contributed by atoms with E-state index in [1.165, 1.54) is 36.4 Å². The zero-order valence-corrected chi connectivity index (χ0v) is 33.9. The second kappa shape index (κ2) is 21.1. The van der Waals surface area contributed by atoms with Gasteiger partial charge in [-0.05, 0) is 74.2 Å². The molecule has 0 saturated carbocycles. The lowest BCUT2D eigenvalue weighted by Crippen LogP contribution is -2.35.